The van der Waals surface area contributed by atoms with Crippen LogP contribution in [0.2, 0.25) is 0 Å². The number of hydrogen-bond donors (Lipinski definition) is 2. The third-order valence-corrected chi connectivity index (χ3v) is 5.17. The first-order chi connectivity index (χ1) is 15.8. The number of carbonyl (C=O) groups is 2. The Bertz CT molecular complexity index is 1450. The van der Waals surface area contributed by atoms with E-state index in [-0.39, 0.29) is 22.2 Å². The van der Waals surface area contributed by atoms with Crippen LogP contribution in [0.25, 0.3) is 5.69 Å². The molecule has 0 spiro atoms. The second kappa shape index (κ2) is 7.90. The van der Waals surface area contributed by atoms with Gasteiger partial charge in [-0.3, -0.25) is 24.3 Å². The highest BCUT2D eigenvalue weighted by Gasteiger charge is 2.35. The topological polar surface area (TPSA) is 103 Å². The van der Waals surface area contributed by atoms with E-state index in [1.807, 2.05) is 5.32 Å². The van der Waals surface area contributed by atoms with Crippen LogP contribution in [0.1, 0.15) is 26.3 Å². The van der Waals surface area contributed by atoms with E-state index < -0.39 is 75.1 Å². The third-order valence-electron chi connectivity index (χ3n) is 4.71. The van der Waals surface area contributed by atoms with Crippen LogP contribution in [0.15, 0.2) is 39.6 Å². The number of anilines is 1. The van der Waals surface area contributed by atoms with Gasteiger partial charge in [0.05, 0.1) is 16.7 Å². The van der Waals surface area contributed by atoms with E-state index >= 15 is 0 Å². The number of ether oxygens (including phenoxy) is 1. The number of carbonyl (C=O) groups excluding carboxylic acids is 2. The zero-order valence-electron chi connectivity index (χ0n) is 16.2. The number of hydrogen-bond acceptors (Lipinski definition) is 5. The number of aromatic nitrogens is 1. The van der Waals surface area contributed by atoms with Crippen molar-refractivity contribution in [2.24, 2.45) is 0 Å². The number of benzene rings is 2. The monoisotopic (exact) mass is 547 g/mol. The fourth-order valence-electron chi connectivity index (χ4n) is 3.28. The molecule has 176 valence electrons. The number of nitrogen functional groups attached to an aromatic ring is 1. The highest BCUT2D eigenvalue weighted by Crippen LogP contribution is 2.39. The summed E-state index contributed by atoms with van der Waals surface area (Å²) in [7, 11) is 0. The quantitative estimate of drug-likeness (QED) is 0.376. The van der Waals surface area contributed by atoms with Crippen molar-refractivity contribution in [2.75, 3.05) is 5.73 Å². The van der Waals surface area contributed by atoms with Gasteiger partial charge in [0, 0.05) is 10.5 Å². The molecule has 0 aliphatic carbocycles. The smallest absolute Gasteiger partial charge is 0.416 e. The predicted octanol–water partition coefficient (Wildman–Crippen LogP) is 4.29. The number of amides is 2. The molecule has 1 aliphatic rings. The third kappa shape index (κ3) is 3.79. The van der Waals surface area contributed by atoms with Gasteiger partial charge in [-0.25, -0.2) is 13.2 Å². The summed E-state index contributed by atoms with van der Waals surface area (Å²) in [4.78, 5) is 36.5. The van der Waals surface area contributed by atoms with Crippen molar-refractivity contribution in [3.63, 3.8) is 0 Å². The summed E-state index contributed by atoms with van der Waals surface area (Å²) >= 11 is 2.93. The van der Waals surface area contributed by atoms with E-state index in [1.54, 1.807) is 0 Å². The molecule has 2 heterocycles. The van der Waals surface area contributed by atoms with Crippen LogP contribution >= 0.6 is 15.9 Å². The molecular formula is C20H8BrF6N3O4. The van der Waals surface area contributed by atoms with Crippen LogP contribution in [0, 0.1) is 17.5 Å². The van der Waals surface area contributed by atoms with Gasteiger partial charge in [0.15, 0.2) is 29.0 Å². The Labute approximate surface area is 192 Å². The number of nitrogens with two attached hydrogens (primary N) is 1. The molecule has 1 aliphatic heterocycles. The molecule has 0 atom stereocenters. The molecule has 0 bridgehead atoms. The van der Waals surface area contributed by atoms with Gasteiger partial charge >= 0.3 is 6.18 Å². The molecule has 7 nitrogen and oxygen atoms in total. The predicted molar refractivity (Wildman–Crippen MR) is 107 cm³/mol. The molecule has 3 aromatic rings. The minimum atomic E-state index is -5.06. The average molecular weight is 548 g/mol. The molecule has 4 rings (SSSR count). The van der Waals surface area contributed by atoms with Gasteiger partial charge in [-0.2, -0.15) is 13.2 Å². The van der Waals surface area contributed by atoms with E-state index in [0.717, 1.165) is 12.1 Å². The lowest BCUT2D eigenvalue weighted by atomic mass is 10.1. The summed E-state index contributed by atoms with van der Waals surface area (Å²) in [5.74, 6) is -9.42. The van der Waals surface area contributed by atoms with Crippen molar-refractivity contribution >= 4 is 33.6 Å². The van der Waals surface area contributed by atoms with Crippen LogP contribution in [-0.2, 0) is 6.18 Å². The van der Waals surface area contributed by atoms with Crippen LogP contribution in [-0.4, -0.2) is 16.4 Å². The van der Waals surface area contributed by atoms with Crippen molar-refractivity contribution in [3.05, 3.63) is 79.3 Å². The van der Waals surface area contributed by atoms with E-state index in [1.165, 1.54) is 0 Å². The number of fused-ring (bicyclic) bond motifs is 1. The van der Waals surface area contributed by atoms with Gasteiger partial charge in [0.2, 0.25) is 0 Å². The van der Waals surface area contributed by atoms with E-state index in [2.05, 4.69) is 15.9 Å². The Balaban J connectivity index is 1.94. The summed E-state index contributed by atoms with van der Waals surface area (Å²) in [5, 5.41) is 1.91. The molecular weight excluding hydrogens is 540 g/mol. The first kappa shape index (κ1) is 23.4. The number of pyridine rings is 1. The zero-order chi connectivity index (χ0) is 25.1. The molecule has 2 amide bonds. The molecule has 34 heavy (non-hydrogen) atoms. The van der Waals surface area contributed by atoms with E-state index in [4.69, 9.17) is 10.5 Å². The number of imide groups is 1. The number of nitrogens with zero attached hydrogens (tertiary/aromatic N) is 1. The van der Waals surface area contributed by atoms with Gasteiger partial charge in [-0.05, 0) is 24.3 Å². The minimum Gasteiger partial charge on any atom is -0.449 e. The normalized spacial score (nSPS) is 13.1. The number of alkyl halides is 3. The highest BCUT2D eigenvalue weighted by atomic mass is 79.9. The Morgan fingerprint density at radius 2 is 1.53 bits per heavy atom. The lowest BCUT2D eigenvalue weighted by Gasteiger charge is -2.18. The fraction of sp³-hybridized carbons (Fsp3) is 0.0500. The Kier molecular flexibility index (Phi) is 5.43. The molecule has 2 aromatic carbocycles. The molecule has 0 radical (unpaired) electrons. The largest absolute Gasteiger partial charge is 0.449 e. The van der Waals surface area contributed by atoms with Gasteiger partial charge in [0.1, 0.15) is 11.5 Å². The lowest BCUT2D eigenvalue weighted by Crippen LogP contribution is -2.25. The van der Waals surface area contributed by atoms with Crippen LogP contribution < -0.4 is 21.3 Å². The molecule has 3 N–H and O–H groups in total. The van der Waals surface area contributed by atoms with Crippen molar-refractivity contribution < 1.29 is 40.7 Å². The first-order valence-corrected chi connectivity index (χ1v) is 9.73. The number of rotatable bonds is 3. The molecule has 0 saturated carbocycles. The maximum atomic E-state index is 15.0. The number of halogens is 7. The summed E-state index contributed by atoms with van der Waals surface area (Å²) in [6.07, 6.45) is -5.06. The molecule has 0 saturated heterocycles. The molecule has 14 heteroatoms. The Morgan fingerprint density at radius 1 is 0.912 bits per heavy atom. The highest BCUT2D eigenvalue weighted by molar-refractivity contribution is 9.10. The van der Waals surface area contributed by atoms with Gasteiger partial charge in [-0.1, -0.05) is 15.9 Å². The maximum absolute atomic E-state index is 15.0. The van der Waals surface area contributed by atoms with E-state index in [0.29, 0.717) is 10.6 Å². The van der Waals surface area contributed by atoms with Gasteiger partial charge in [-0.15, -0.1) is 0 Å². The van der Waals surface area contributed by atoms with E-state index in [9.17, 15) is 40.7 Å². The molecule has 0 unspecified atom stereocenters. The molecule has 0 fully saturated rings. The van der Waals surface area contributed by atoms with Crippen LogP contribution in [0.5, 0.6) is 11.5 Å². The maximum Gasteiger partial charge on any atom is 0.416 e. The molecule has 1 aromatic heterocycles. The summed E-state index contributed by atoms with van der Waals surface area (Å²) in [5.41, 5.74) is 1.47. The van der Waals surface area contributed by atoms with Crippen molar-refractivity contribution in [2.45, 2.75) is 6.18 Å². The van der Waals surface area contributed by atoms with Gasteiger partial charge < -0.3 is 10.5 Å². The Morgan fingerprint density at radius 3 is 2.12 bits per heavy atom. The standard InChI is InChI=1S/C20H8BrF6N3O4/c21-7-3-9(22)15(30-13(31)5-8-14(17(30)28)19(33)29-18(8)32)12(4-7)34-16-10(23)1-6(2-11(16)24)20(25,26)27/h1-5H,28H2,(H,29,32,33). The second-order valence-corrected chi connectivity index (χ2v) is 7.79. The summed E-state index contributed by atoms with van der Waals surface area (Å²) < 4.78 is 87.6. The first-order valence-electron chi connectivity index (χ1n) is 8.94. The van der Waals surface area contributed by atoms with Crippen molar-refractivity contribution in [3.8, 4) is 17.2 Å². The fourth-order valence-corrected chi connectivity index (χ4v) is 3.69. The average Bonchev–Trinajstić information content (AvgIpc) is 2.98. The zero-order valence-corrected chi connectivity index (χ0v) is 17.8. The van der Waals surface area contributed by atoms with Crippen molar-refractivity contribution in [1.82, 2.24) is 9.88 Å². The van der Waals surface area contributed by atoms with Crippen molar-refractivity contribution in [1.29, 1.82) is 0 Å². The Hall–Kier alpha value is -3.81. The van der Waals surface area contributed by atoms with Crippen LogP contribution in [0.4, 0.5) is 32.2 Å². The SMILES string of the molecule is Nc1c2c(cc(=O)n1-c1c(F)cc(Br)cc1Oc1c(F)cc(C(F)(F)F)cc1F)C(=O)NC2=O. The van der Waals surface area contributed by atoms with Gasteiger partial charge in [0.25, 0.3) is 17.4 Å². The minimum absolute atomic E-state index is 0.0295. The summed E-state index contributed by atoms with van der Waals surface area (Å²) in [6, 6.07) is 2.42. The lowest BCUT2D eigenvalue weighted by molar-refractivity contribution is -0.138. The number of nitrogens with one attached hydrogen (secondary N) is 1. The van der Waals surface area contributed by atoms with Crippen LogP contribution in [0.3, 0.4) is 0 Å². The summed E-state index contributed by atoms with van der Waals surface area (Å²) in [6.45, 7) is 0. The second-order valence-electron chi connectivity index (χ2n) is 6.88.